The number of benzene rings is 7. The zero-order valence-electron chi connectivity index (χ0n) is 38.3. The molecule has 3 nitrogen and oxygen atoms in total. The molecule has 0 aliphatic rings. The van der Waals surface area contributed by atoms with Crippen LogP contribution in [0.3, 0.4) is 0 Å². The van der Waals surface area contributed by atoms with E-state index >= 15 is 0 Å². The summed E-state index contributed by atoms with van der Waals surface area (Å²) in [6.45, 7) is 0. The maximum Gasteiger partial charge on any atom is 0.0667 e. The summed E-state index contributed by atoms with van der Waals surface area (Å²) in [7, 11) is 0. The molecule has 10 rings (SSSR count). The summed E-state index contributed by atoms with van der Waals surface area (Å²) in [5, 5.41) is 0.980. The van der Waals surface area contributed by atoms with Gasteiger partial charge >= 0.3 is 0 Å². The Kier molecular flexibility index (Phi) is 2.90. The van der Waals surface area contributed by atoms with Crippen molar-refractivity contribution in [1.29, 1.82) is 0 Å². The van der Waals surface area contributed by atoms with Gasteiger partial charge in [-0.05, 0) is 60.5 Å². The van der Waals surface area contributed by atoms with Gasteiger partial charge in [0, 0.05) is 49.4 Å². The monoisotopic (exact) mass is 588 g/mol. The van der Waals surface area contributed by atoms with Crippen LogP contribution in [0.2, 0.25) is 0 Å². The quantitative estimate of drug-likeness (QED) is 0.195. The maximum atomic E-state index is 9.99. The lowest BCUT2D eigenvalue weighted by Crippen LogP contribution is -1.98. The fourth-order valence-corrected chi connectivity index (χ4v) is 6.47. The van der Waals surface area contributed by atoms with E-state index < -0.39 is 96.3 Å². The lowest BCUT2D eigenvalue weighted by atomic mass is 10.1. The summed E-state index contributed by atoms with van der Waals surface area (Å²) < 4.78 is 139. The van der Waals surface area contributed by atoms with Gasteiger partial charge in [0.05, 0.1) is 53.7 Å². The molecule has 10 aromatic rings. The largest absolute Gasteiger partial charge is 0.309 e. The fourth-order valence-electron chi connectivity index (χ4n) is 6.47. The molecule has 0 bridgehead atoms. The Morgan fingerprint density at radius 2 is 0.867 bits per heavy atom. The average molecular weight is 589 g/mol. The summed E-state index contributed by atoms with van der Waals surface area (Å²) in [6, 6.07) is 13.6. The highest BCUT2D eigenvalue weighted by Gasteiger charge is 2.18. The van der Waals surface area contributed by atoms with Gasteiger partial charge in [0.1, 0.15) is 0 Å². The Morgan fingerprint density at radius 3 is 1.56 bits per heavy atom. The summed E-state index contributed by atoms with van der Waals surface area (Å²) in [5.74, 6) is 0. The lowest BCUT2D eigenvalue weighted by Gasteiger charge is -2.12. The highest BCUT2D eigenvalue weighted by molar-refractivity contribution is 6.13. The van der Waals surface area contributed by atoms with Crippen LogP contribution >= 0.6 is 0 Å². The molecule has 0 saturated carbocycles. The van der Waals surface area contributed by atoms with Gasteiger partial charge in [0.25, 0.3) is 0 Å². The van der Waals surface area contributed by atoms with E-state index in [1.807, 2.05) is 71.3 Å². The Bertz CT molecular complexity index is 3530. The summed E-state index contributed by atoms with van der Waals surface area (Å²) in [6.07, 6.45) is 0. The van der Waals surface area contributed by atoms with Crippen molar-refractivity contribution in [3.63, 3.8) is 0 Å². The molecule has 0 N–H and O–H groups in total. The number of rotatable bonds is 3. The molecule has 0 radical (unpaired) electrons. The Morgan fingerprint density at radius 1 is 0.333 bits per heavy atom. The van der Waals surface area contributed by atoms with Crippen molar-refractivity contribution in [2.75, 3.05) is 0 Å². The molecule has 0 saturated heterocycles. The average Bonchev–Trinajstić information content (AvgIpc) is 3.91. The van der Waals surface area contributed by atoms with Crippen LogP contribution in [0, 0.1) is 0 Å². The van der Waals surface area contributed by atoms with Crippen LogP contribution < -0.4 is 0 Å². The molecule has 3 heteroatoms. The Hall–Kier alpha value is -6.06. The predicted molar refractivity (Wildman–Crippen MR) is 189 cm³/mol. The molecule has 3 heterocycles. The van der Waals surface area contributed by atoms with E-state index in [-0.39, 0.29) is 43.6 Å². The van der Waals surface area contributed by atoms with Gasteiger partial charge in [-0.1, -0.05) is 103 Å². The molecule has 45 heavy (non-hydrogen) atoms. The standard InChI is InChI=1S/C42H27N3/c1-2-12-28(13-3-1)43-37-18-8-6-16-33(37)35-25-23-30(27-41(35)43)45-40-21-11-7-17-34(40)36-24-22-29(26-42(36)45)44-38-19-9-4-14-31(38)32-15-5-10-20-39(32)44/h1-27H/i4D,5D,7D,9D,10D,11D,14D,15D,17D,19D,20D,21D,22D,24D,26D. The van der Waals surface area contributed by atoms with Crippen molar-refractivity contribution in [1.82, 2.24) is 13.7 Å². The highest BCUT2D eigenvalue weighted by Crippen LogP contribution is 2.39. The van der Waals surface area contributed by atoms with E-state index in [1.165, 1.54) is 4.57 Å². The third kappa shape index (κ3) is 3.41. The van der Waals surface area contributed by atoms with E-state index in [2.05, 4.69) is 0 Å². The molecule has 0 atom stereocenters. The van der Waals surface area contributed by atoms with E-state index in [0.29, 0.717) is 11.2 Å². The van der Waals surface area contributed by atoms with Crippen LogP contribution in [0.4, 0.5) is 0 Å². The smallest absolute Gasteiger partial charge is 0.0667 e. The summed E-state index contributed by atoms with van der Waals surface area (Å²) >= 11 is 0. The lowest BCUT2D eigenvalue weighted by molar-refractivity contribution is 1.14. The first kappa shape index (κ1) is 14.1. The molecule has 0 spiro atoms. The number of nitrogens with zero attached hydrogens (tertiary/aromatic N) is 3. The van der Waals surface area contributed by atoms with Crippen molar-refractivity contribution in [2.45, 2.75) is 0 Å². The van der Waals surface area contributed by atoms with E-state index in [4.69, 9.17) is 15.1 Å². The zero-order valence-corrected chi connectivity index (χ0v) is 23.3. The summed E-state index contributed by atoms with van der Waals surface area (Å²) in [5.41, 5.74) is 1.40. The van der Waals surface area contributed by atoms with E-state index in [1.54, 1.807) is 6.07 Å². The fraction of sp³-hybridized carbons (Fsp3) is 0. The number of aromatic nitrogens is 3. The van der Waals surface area contributed by atoms with Gasteiger partial charge in [-0.15, -0.1) is 0 Å². The molecule has 7 aromatic carbocycles. The molecule has 0 unspecified atom stereocenters. The van der Waals surface area contributed by atoms with Crippen LogP contribution in [-0.4, -0.2) is 13.7 Å². The van der Waals surface area contributed by atoms with Gasteiger partial charge in [-0.25, -0.2) is 0 Å². The first-order chi connectivity index (χ1) is 28.6. The third-order valence-corrected chi connectivity index (χ3v) is 8.33. The number of hydrogen-bond acceptors (Lipinski definition) is 0. The predicted octanol–water partition coefficient (Wildman–Crippen LogP) is 11.0. The Balaban J connectivity index is 1.45. The number of fused-ring (bicyclic) bond motifs is 9. The second-order valence-corrected chi connectivity index (χ2v) is 10.7. The minimum absolute atomic E-state index is 0.0812. The van der Waals surface area contributed by atoms with Gasteiger partial charge in [0.15, 0.2) is 0 Å². The summed E-state index contributed by atoms with van der Waals surface area (Å²) in [4.78, 5) is 0. The van der Waals surface area contributed by atoms with Crippen LogP contribution in [0.1, 0.15) is 20.6 Å². The van der Waals surface area contributed by atoms with E-state index in [9.17, 15) is 5.48 Å². The maximum absolute atomic E-state index is 9.99. The van der Waals surface area contributed by atoms with Crippen molar-refractivity contribution in [2.24, 2.45) is 0 Å². The highest BCUT2D eigenvalue weighted by atomic mass is 15.0. The number of para-hydroxylation sites is 5. The first-order valence-corrected chi connectivity index (χ1v) is 14.2. The zero-order chi connectivity index (χ0) is 42.5. The molecule has 0 aliphatic heterocycles. The normalized spacial score (nSPS) is 16.7. The third-order valence-electron chi connectivity index (χ3n) is 8.33. The molecule has 0 amide bonds. The molecule has 0 fully saturated rings. The van der Waals surface area contributed by atoms with Crippen molar-refractivity contribution < 1.29 is 20.6 Å². The molecular formula is C42H27N3. The second kappa shape index (κ2) is 9.22. The van der Waals surface area contributed by atoms with Crippen LogP contribution in [0.5, 0.6) is 0 Å². The van der Waals surface area contributed by atoms with Crippen LogP contribution in [-0.2, 0) is 0 Å². The SMILES string of the molecule is [2H]c1c([2H])c([2H])c2c(c1[2H])c1c([2H])c([2H])c(-n3c4c([2H])c([2H])c([2H])c([2H])c4c4c([2H])c([2H])c([2H])c([2H])c43)c([2H])c1n2-c1ccc2c3ccccc3n(-c3ccccc3)c2c1. The number of hydrogen-bond donors (Lipinski definition) is 0. The topological polar surface area (TPSA) is 14.8 Å². The van der Waals surface area contributed by atoms with E-state index in [0.717, 1.165) is 26.5 Å². The Labute approximate surface area is 280 Å². The van der Waals surface area contributed by atoms with Crippen LogP contribution in [0.25, 0.3) is 82.5 Å². The second-order valence-electron chi connectivity index (χ2n) is 10.7. The van der Waals surface area contributed by atoms with Crippen molar-refractivity contribution in [3.8, 4) is 17.1 Å². The van der Waals surface area contributed by atoms with Gasteiger partial charge in [-0.3, -0.25) is 0 Å². The van der Waals surface area contributed by atoms with Gasteiger partial charge in [0.2, 0.25) is 0 Å². The minimum Gasteiger partial charge on any atom is -0.309 e. The first-order valence-electron chi connectivity index (χ1n) is 21.7. The minimum atomic E-state index is -0.697. The molecule has 210 valence electrons. The van der Waals surface area contributed by atoms with Crippen LogP contribution in [0.15, 0.2) is 163 Å². The van der Waals surface area contributed by atoms with Crippen molar-refractivity contribution in [3.05, 3.63) is 163 Å². The van der Waals surface area contributed by atoms with Gasteiger partial charge < -0.3 is 13.7 Å². The van der Waals surface area contributed by atoms with Gasteiger partial charge in [-0.2, -0.15) is 0 Å². The molecular weight excluding hydrogens is 546 g/mol. The molecule has 0 aliphatic carbocycles. The molecule has 3 aromatic heterocycles. The van der Waals surface area contributed by atoms with Crippen molar-refractivity contribution >= 4 is 65.4 Å².